The van der Waals surface area contributed by atoms with Gasteiger partial charge in [0.15, 0.2) is 0 Å². The lowest BCUT2D eigenvalue weighted by Crippen LogP contribution is -2.32. The maximum absolute atomic E-state index is 10.2. The number of benzene rings is 1. The normalized spacial score (nSPS) is 29.3. The quantitative estimate of drug-likeness (QED) is 0.858. The molecule has 3 heteroatoms. The molecule has 1 heterocycles. The number of hydrogen-bond acceptors (Lipinski definition) is 2. The summed E-state index contributed by atoms with van der Waals surface area (Å²) in [6.45, 7) is 2.37. The van der Waals surface area contributed by atoms with Gasteiger partial charge in [-0.2, -0.15) is 0 Å². The molecular formula is C14H18BrNO. The summed E-state index contributed by atoms with van der Waals surface area (Å²) < 4.78 is 1.06. The number of likely N-dealkylation sites (tertiary alicyclic amines) is 1. The summed E-state index contributed by atoms with van der Waals surface area (Å²) in [6.07, 6.45) is 4.55. The zero-order valence-corrected chi connectivity index (χ0v) is 11.5. The molecule has 0 aromatic heterocycles. The predicted molar refractivity (Wildman–Crippen MR) is 71.9 cm³/mol. The van der Waals surface area contributed by atoms with Crippen LogP contribution < -0.4 is 0 Å². The third-order valence-corrected chi connectivity index (χ3v) is 4.54. The maximum Gasteiger partial charge on any atom is 0.0811 e. The van der Waals surface area contributed by atoms with Gasteiger partial charge in [0.1, 0.15) is 0 Å². The van der Waals surface area contributed by atoms with Crippen LogP contribution in [-0.2, 0) is 0 Å². The lowest BCUT2D eigenvalue weighted by molar-refractivity contribution is 0.111. The van der Waals surface area contributed by atoms with Crippen molar-refractivity contribution in [3.05, 3.63) is 33.8 Å². The molecule has 0 spiro atoms. The molecule has 1 fully saturated rings. The minimum absolute atomic E-state index is 0.283. The fraction of sp³-hybridized carbons (Fsp3) is 0.571. The van der Waals surface area contributed by atoms with E-state index in [-0.39, 0.29) is 6.10 Å². The molecule has 1 saturated heterocycles. The zero-order chi connectivity index (χ0) is 11.8. The van der Waals surface area contributed by atoms with Crippen LogP contribution in [0.1, 0.15) is 49.0 Å². The molecule has 2 nitrogen and oxygen atoms in total. The third kappa shape index (κ3) is 2.16. The van der Waals surface area contributed by atoms with E-state index in [1.807, 2.05) is 0 Å². The topological polar surface area (TPSA) is 23.5 Å². The van der Waals surface area contributed by atoms with Crippen molar-refractivity contribution in [3.8, 4) is 0 Å². The van der Waals surface area contributed by atoms with Gasteiger partial charge in [0.05, 0.1) is 6.10 Å². The largest absolute Gasteiger partial charge is 0.388 e. The minimum Gasteiger partial charge on any atom is -0.388 e. The molecule has 1 N–H and O–H groups in total. The van der Waals surface area contributed by atoms with Crippen LogP contribution in [0.3, 0.4) is 0 Å². The van der Waals surface area contributed by atoms with Crippen LogP contribution in [0.4, 0.5) is 0 Å². The van der Waals surface area contributed by atoms with Gasteiger partial charge >= 0.3 is 0 Å². The molecule has 17 heavy (non-hydrogen) atoms. The van der Waals surface area contributed by atoms with Gasteiger partial charge in [-0.3, -0.25) is 4.90 Å². The van der Waals surface area contributed by atoms with Gasteiger partial charge in [-0.1, -0.05) is 28.4 Å². The Morgan fingerprint density at radius 3 is 2.65 bits per heavy atom. The van der Waals surface area contributed by atoms with Crippen LogP contribution in [0.25, 0.3) is 0 Å². The number of aliphatic hydroxyl groups excluding tert-OH is 1. The Hall–Kier alpha value is -0.380. The van der Waals surface area contributed by atoms with E-state index in [1.165, 1.54) is 37.9 Å². The van der Waals surface area contributed by atoms with E-state index in [0.717, 1.165) is 16.5 Å². The fourth-order valence-electron chi connectivity index (χ4n) is 3.18. The van der Waals surface area contributed by atoms with Gasteiger partial charge in [0.2, 0.25) is 0 Å². The first-order valence-corrected chi connectivity index (χ1v) is 7.26. The van der Waals surface area contributed by atoms with Crippen LogP contribution in [0.2, 0.25) is 0 Å². The molecule has 2 unspecified atom stereocenters. The highest BCUT2D eigenvalue weighted by Gasteiger charge is 2.33. The Bertz CT molecular complexity index is 415. The highest BCUT2D eigenvalue weighted by atomic mass is 79.9. The van der Waals surface area contributed by atoms with Crippen molar-refractivity contribution in [2.24, 2.45) is 0 Å². The highest BCUT2D eigenvalue weighted by molar-refractivity contribution is 9.10. The summed E-state index contributed by atoms with van der Waals surface area (Å²) >= 11 is 3.48. The Kier molecular flexibility index (Phi) is 3.24. The Morgan fingerprint density at radius 2 is 1.88 bits per heavy atom. The number of piperidine rings is 1. The van der Waals surface area contributed by atoms with Gasteiger partial charge in [-0.15, -0.1) is 0 Å². The summed E-state index contributed by atoms with van der Waals surface area (Å²) in [4.78, 5) is 2.55. The second kappa shape index (κ2) is 4.71. The molecule has 1 aromatic carbocycles. The standard InChI is InChI=1S/C14H18BrNO/c15-10-4-5-11-12(8-10)14(17)9-13(11)16-6-2-1-3-7-16/h4-5,8,13-14,17H,1-3,6-7,9H2. The van der Waals surface area contributed by atoms with E-state index in [1.54, 1.807) is 0 Å². The number of aliphatic hydroxyl groups is 1. The van der Waals surface area contributed by atoms with Crippen molar-refractivity contribution in [1.82, 2.24) is 4.90 Å². The summed E-state index contributed by atoms with van der Waals surface area (Å²) in [5.41, 5.74) is 2.46. The van der Waals surface area contributed by atoms with Crippen LogP contribution in [0, 0.1) is 0 Å². The Labute approximate surface area is 111 Å². The average Bonchev–Trinajstić information content (AvgIpc) is 2.68. The summed E-state index contributed by atoms with van der Waals surface area (Å²) in [5, 5.41) is 10.2. The lowest BCUT2D eigenvalue weighted by atomic mass is 10.0. The third-order valence-electron chi connectivity index (χ3n) is 4.04. The molecule has 0 saturated carbocycles. The number of nitrogens with zero attached hydrogens (tertiary/aromatic N) is 1. The first-order chi connectivity index (χ1) is 8.25. The highest BCUT2D eigenvalue weighted by Crippen LogP contribution is 2.43. The fourth-order valence-corrected chi connectivity index (χ4v) is 3.56. The van der Waals surface area contributed by atoms with E-state index in [0.29, 0.717) is 6.04 Å². The molecule has 1 aliphatic heterocycles. The van der Waals surface area contributed by atoms with Gasteiger partial charge in [-0.25, -0.2) is 0 Å². The zero-order valence-electron chi connectivity index (χ0n) is 9.90. The van der Waals surface area contributed by atoms with E-state index < -0.39 is 0 Å². The van der Waals surface area contributed by atoms with E-state index in [9.17, 15) is 5.11 Å². The Balaban J connectivity index is 1.89. The van der Waals surface area contributed by atoms with Crippen molar-refractivity contribution >= 4 is 15.9 Å². The number of rotatable bonds is 1. The second-order valence-corrected chi connectivity index (χ2v) is 6.05. The van der Waals surface area contributed by atoms with Gasteiger partial charge < -0.3 is 5.11 Å². The number of halogens is 1. The molecule has 1 aromatic rings. The molecule has 2 aliphatic rings. The van der Waals surface area contributed by atoms with Crippen LogP contribution in [0.15, 0.2) is 22.7 Å². The van der Waals surface area contributed by atoms with Crippen molar-refractivity contribution in [2.75, 3.05) is 13.1 Å². The van der Waals surface area contributed by atoms with E-state index in [2.05, 4.69) is 39.0 Å². The van der Waals surface area contributed by atoms with E-state index in [4.69, 9.17) is 0 Å². The SMILES string of the molecule is OC1CC(N2CCCCC2)c2ccc(Br)cc21. The molecule has 1 aliphatic carbocycles. The minimum atomic E-state index is -0.283. The smallest absolute Gasteiger partial charge is 0.0811 e. The van der Waals surface area contributed by atoms with Gasteiger partial charge in [0.25, 0.3) is 0 Å². The Morgan fingerprint density at radius 1 is 1.12 bits per heavy atom. The molecule has 3 rings (SSSR count). The molecule has 2 atom stereocenters. The summed E-state index contributed by atoms with van der Waals surface area (Å²) in [7, 11) is 0. The van der Waals surface area contributed by atoms with Crippen LogP contribution in [-0.4, -0.2) is 23.1 Å². The maximum atomic E-state index is 10.2. The summed E-state index contributed by atoms with van der Waals surface area (Å²) in [6, 6.07) is 6.78. The molecular weight excluding hydrogens is 278 g/mol. The van der Waals surface area contributed by atoms with Crippen molar-refractivity contribution in [1.29, 1.82) is 0 Å². The predicted octanol–water partition coefficient (Wildman–Crippen LogP) is 3.41. The van der Waals surface area contributed by atoms with Crippen molar-refractivity contribution in [3.63, 3.8) is 0 Å². The lowest BCUT2D eigenvalue weighted by Gasteiger charge is -2.32. The van der Waals surface area contributed by atoms with Crippen molar-refractivity contribution in [2.45, 2.75) is 37.8 Å². The average molecular weight is 296 g/mol. The first kappa shape index (κ1) is 11.7. The molecule has 0 bridgehead atoms. The molecule has 0 amide bonds. The van der Waals surface area contributed by atoms with Crippen molar-refractivity contribution < 1.29 is 5.11 Å². The van der Waals surface area contributed by atoms with Crippen LogP contribution in [0.5, 0.6) is 0 Å². The molecule has 92 valence electrons. The van der Waals surface area contributed by atoms with Gasteiger partial charge in [-0.05, 0) is 55.6 Å². The first-order valence-electron chi connectivity index (χ1n) is 6.47. The second-order valence-electron chi connectivity index (χ2n) is 5.14. The molecule has 0 radical (unpaired) electrons. The van der Waals surface area contributed by atoms with Crippen LogP contribution >= 0.6 is 15.9 Å². The monoisotopic (exact) mass is 295 g/mol. The summed E-state index contributed by atoms with van der Waals surface area (Å²) in [5.74, 6) is 0. The number of hydrogen-bond donors (Lipinski definition) is 1. The van der Waals surface area contributed by atoms with Gasteiger partial charge in [0, 0.05) is 10.5 Å². The van der Waals surface area contributed by atoms with E-state index >= 15 is 0 Å². The number of fused-ring (bicyclic) bond motifs is 1.